The fourth-order valence-electron chi connectivity index (χ4n) is 4.01. The molecule has 0 saturated heterocycles. The fourth-order valence-corrected chi connectivity index (χ4v) is 4.84. The molecule has 5 nitrogen and oxygen atoms in total. The predicted octanol–water partition coefficient (Wildman–Crippen LogP) is 4.74. The number of pyridine rings is 1. The maximum Gasteiger partial charge on any atom is 0.246 e. The van der Waals surface area contributed by atoms with Gasteiger partial charge < -0.3 is 4.90 Å². The van der Waals surface area contributed by atoms with E-state index in [4.69, 9.17) is 5.10 Å². The largest absolute Gasteiger partial charge is 0.329 e. The van der Waals surface area contributed by atoms with E-state index < -0.39 is 0 Å². The summed E-state index contributed by atoms with van der Waals surface area (Å²) in [5.74, 6) is -0.0489. The van der Waals surface area contributed by atoms with E-state index in [1.807, 2.05) is 17.0 Å². The van der Waals surface area contributed by atoms with E-state index >= 15 is 0 Å². The normalized spacial score (nSPS) is 16.0. The van der Waals surface area contributed by atoms with Crippen LogP contribution < -0.4 is 0 Å². The number of carbonyl (C=O) groups is 1. The Bertz CT molecular complexity index is 1220. The van der Waals surface area contributed by atoms with Gasteiger partial charge in [0.2, 0.25) is 5.91 Å². The summed E-state index contributed by atoms with van der Waals surface area (Å²) in [5, 5.41) is 8.34. The Morgan fingerprint density at radius 3 is 2.83 bits per heavy atom. The van der Waals surface area contributed by atoms with Crippen molar-refractivity contribution in [2.75, 3.05) is 0 Å². The first kappa shape index (κ1) is 17.8. The summed E-state index contributed by atoms with van der Waals surface area (Å²) >= 11 is 1.73. The maximum absolute atomic E-state index is 12.4. The molecule has 4 heterocycles. The lowest BCUT2D eigenvalue weighted by molar-refractivity contribution is -0.129. The van der Waals surface area contributed by atoms with Crippen LogP contribution in [-0.4, -0.2) is 31.6 Å². The molecular formula is C23H20N4OS. The lowest BCUT2D eigenvalue weighted by atomic mass is 9.98. The van der Waals surface area contributed by atoms with Crippen molar-refractivity contribution in [3.8, 4) is 22.4 Å². The summed E-state index contributed by atoms with van der Waals surface area (Å²) in [7, 11) is 0. The van der Waals surface area contributed by atoms with Crippen molar-refractivity contribution >= 4 is 27.3 Å². The van der Waals surface area contributed by atoms with Crippen LogP contribution in [0.5, 0.6) is 0 Å². The predicted molar refractivity (Wildman–Crippen MR) is 116 cm³/mol. The van der Waals surface area contributed by atoms with Gasteiger partial charge in [0.25, 0.3) is 0 Å². The summed E-state index contributed by atoms with van der Waals surface area (Å²) in [5.41, 5.74) is 5.20. The first-order valence-electron chi connectivity index (χ1n) is 9.56. The van der Waals surface area contributed by atoms with E-state index in [9.17, 15) is 4.79 Å². The number of hydrogen-bond acceptors (Lipinski definition) is 4. The highest BCUT2D eigenvalue weighted by molar-refractivity contribution is 7.17. The molecule has 1 amide bonds. The van der Waals surface area contributed by atoms with Gasteiger partial charge in [-0.25, -0.2) is 0 Å². The fraction of sp³-hybridized carbons (Fsp3) is 0.174. The van der Waals surface area contributed by atoms with E-state index in [1.165, 1.54) is 16.2 Å². The van der Waals surface area contributed by atoms with E-state index in [2.05, 4.69) is 52.8 Å². The van der Waals surface area contributed by atoms with Crippen molar-refractivity contribution in [3.63, 3.8) is 0 Å². The minimum atomic E-state index is -0.0489. The van der Waals surface area contributed by atoms with Crippen LogP contribution in [0.4, 0.5) is 0 Å². The zero-order chi connectivity index (χ0) is 20.0. The van der Waals surface area contributed by atoms with Crippen molar-refractivity contribution in [3.05, 3.63) is 72.5 Å². The number of thiophene rings is 1. The Hall–Kier alpha value is -3.25. The second kappa shape index (κ2) is 6.97. The molecule has 0 N–H and O–H groups in total. The lowest BCUT2D eigenvalue weighted by Crippen LogP contribution is -2.44. The molecular weight excluding hydrogens is 380 g/mol. The molecule has 0 saturated carbocycles. The molecule has 4 aromatic rings. The van der Waals surface area contributed by atoms with E-state index in [-0.39, 0.29) is 11.9 Å². The monoisotopic (exact) mass is 400 g/mol. The molecule has 144 valence electrons. The van der Waals surface area contributed by atoms with Gasteiger partial charge in [0.1, 0.15) is 5.69 Å². The molecule has 0 bridgehead atoms. The average Bonchev–Trinajstić information content (AvgIpc) is 3.36. The highest BCUT2D eigenvalue weighted by atomic mass is 32.1. The smallest absolute Gasteiger partial charge is 0.246 e. The molecule has 0 aliphatic carbocycles. The van der Waals surface area contributed by atoms with Crippen molar-refractivity contribution in [2.45, 2.75) is 26.1 Å². The average molecular weight is 401 g/mol. The molecule has 1 aliphatic rings. The Morgan fingerprint density at radius 1 is 1.21 bits per heavy atom. The highest BCUT2D eigenvalue weighted by Crippen LogP contribution is 2.38. The minimum absolute atomic E-state index is 0.0489. The third-order valence-electron chi connectivity index (χ3n) is 5.50. The van der Waals surface area contributed by atoms with Crippen LogP contribution in [0.15, 0.2) is 66.8 Å². The van der Waals surface area contributed by atoms with Crippen LogP contribution in [-0.2, 0) is 17.9 Å². The number of hydrogen-bond donors (Lipinski definition) is 0. The van der Waals surface area contributed by atoms with Gasteiger partial charge in [-0.15, -0.1) is 11.3 Å². The number of nitrogens with zero attached hydrogens (tertiary/aromatic N) is 4. The Morgan fingerprint density at radius 2 is 2.03 bits per heavy atom. The number of rotatable bonds is 3. The van der Waals surface area contributed by atoms with E-state index in [1.54, 1.807) is 23.7 Å². The van der Waals surface area contributed by atoms with Crippen molar-refractivity contribution in [2.24, 2.45) is 0 Å². The number of carbonyl (C=O) groups excluding carboxylic acids is 1. The Kier molecular flexibility index (Phi) is 4.28. The Balaban J connectivity index is 1.72. The van der Waals surface area contributed by atoms with Crippen molar-refractivity contribution < 1.29 is 4.79 Å². The second-order valence-electron chi connectivity index (χ2n) is 7.28. The number of benzene rings is 1. The quantitative estimate of drug-likeness (QED) is 0.467. The van der Waals surface area contributed by atoms with Gasteiger partial charge in [-0.1, -0.05) is 18.7 Å². The maximum atomic E-state index is 12.4. The molecule has 0 fully saturated rings. The van der Waals surface area contributed by atoms with Gasteiger partial charge in [-0.2, -0.15) is 5.10 Å². The highest BCUT2D eigenvalue weighted by Gasteiger charge is 2.31. The zero-order valence-corrected chi connectivity index (χ0v) is 16.9. The number of fused-ring (bicyclic) bond motifs is 2. The van der Waals surface area contributed by atoms with Gasteiger partial charge in [0, 0.05) is 34.3 Å². The van der Waals surface area contributed by atoms with Crippen LogP contribution >= 0.6 is 11.3 Å². The summed E-state index contributed by atoms with van der Waals surface area (Å²) in [6.45, 7) is 6.89. The van der Waals surface area contributed by atoms with Gasteiger partial charge in [-0.3, -0.25) is 14.5 Å². The summed E-state index contributed by atoms with van der Waals surface area (Å²) in [6, 6.07) is 12.7. The van der Waals surface area contributed by atoms with Crippen molar-refractivity contribution in [1.82, 2.24) is 19.7 Å². The van der Waals surface area contributed by atoms with Crippen LogP contribution in [0.2, 0.25) is 0 Å². The minimum Gasteiger partial charge on any atom is -0.329 e. The molecule has 1 atom stereocenters. The lowest BCUT2D eigenvalue weighted by Gasteiger charge is -2.33. The first-order valence-corrected chi connectivity index (χ1v) is 10.4. The van der Waals surface area contributed by atoms with Gasteiger partial charge in [0.05, 0.1) is 18.8 Å². The Labute approximate surface area is 172 Å². The molecule has 6 heteroatoms. The molecule has 1 aromatic carbocycles. The van der Waals surface area contributed by atoms with Gasteiger partial charge in [-0.05, 0) is 53.6 Å². The third-order valence-corrected chi connectivity index (χ3v) is 6.38. The summed E-state index contributed by atoms with van der Waals surface area (Å²) in [4.78, 5) is 18.4. The zero-order valence-electron chi connectivity index (χ0n) is 16.1. The summed E-state index contributed by atoms with van der Waals surface area (Å²) in [6.07, 6.45) is 4.98. The molecule has 1 aliphatic heterocycles. The number of aromatic nitrogens is 3. The van der Waals surface area contributed by atoms with E-state index in [0.717, 1.165) is 28.1 Å². The van der Waals surface area contributed by atoms with Crippen LogP contribution in [0.3, 0.4) is 0 Å². The SMILES string of the molecule is C=CC(=O)N1Cc2c(-c3ccncc3)c(-c3ccc4ccsc4c3)nn2C[C@H]1C. The first-order chi connectivity index (χ1) is 14.2. The van der Waals surface area contributed by atoms with E-state index in [0.29, 0.717) is 13.1 Å². The van der Waals surface area contributed by atoms with Crippen molar-refractivity contribution in [1.29, 1.82) is 0 Å². The molecule has 29 heavy (non-hydrogen) atoms. The molecule has 3 aromatic heterocycles. The third kappa shape index (κ3) is 2.96. The second-order valence-corrected chi connectivity index (χ2v) is 8.23. The van der Waals surface area contributed by atoms with Gasteiger partial charge >= 0.3 is 0 Å². The number of amides is 1. The molecule has 0 spiro atoms. The molecule has 0 unspecified atom stereocenters. The van der Waals surface area contributed by atoms with Gasteiger partial charge in [0.15, 0.2) is 0 Å². The topological polar surface area (TPSA) is 51.0 Å². The molecule has 5 rings (SSSR count). The van der Waals surface area contributed by atoms with Crippen LogP contribution in [0.25, 0.3) is 32.5 Å². The molecule has 0 radical (unpaired) electrons. The summed E-state index contributed by atoms with van der Waals surface area (Å²) < 4.78 is 3.30. The van der Waals surface area contributed by atoms with Crippen LogP contribution in [0.1, 0.15) is 12.6 Å². The standard InChI is InChI=1S/C23H20N4OS/c1-3-21(28)26-14-19-22(17-6-9-24-10-7-17)23(25-27(19)13-15(26)2)18-5-4-16-8-11-29-20(16)12-18/h3-12,15H,1,13-14H2,2H3/t15-/m1/s1. The van der Waals surface area contributed by atoms with Crippen LogP contribution in [0, 0.1) is 0 Å².